The number of hydrazone groups is 1. The Morgan fingerprint density at radius 3 is 2.46 bits per heavy atom. The van der Waals surface area contributed by atoms with Gasteiger partial charge in [-0.25, -0.2) is 5.01 Å². The van der Waals surface area contributed by atoms with E-state index in [9.17, 15) is 14.4 Å². The maximum atomic E-state index is 11.8. The molecule has 0 saturated heterocycles. The van der Waals surface area contributed by atoms with Gasteiger partial charge in [0.2, 0.25) is 11.8 Å². The number of benzene rings is 1. The van der Waals surface area contributed by atoms with Gasteiger partial charge in [0.25, 0.3) is 0 Å². The quantitative estimate of drug-likeness (QED) is 0.656. The Morgan fingerprint density at radius 1 is 1.21 bits per heavy atom. The zero-order chi connectivity index (χ0) is 17.9. The molecule has 1 unspecified atom stereocenters. The highest BCUT2D eigenvalue weighted by molar-refractivity contribution is 8.14. The van der Waals surface area contributed by atoms with Crippen LogP contribution in [0.4, 0.5) is 0 Å². The van der Waals surface area contributed by atoms with Gasteiger partial charge in [0.15, 0.2) is 16.7 Å². The second-order valence-corrected chi connectivity index (χ2v) is 5.99. The molecule has 24 heavy (non-hydrogen) atoms. The van der Waals surface area contributed by atoms with Crippen LogP contribution in [0.3, 0.4) is 0 Å². The van der Waals surface area contributed by atoms with Crippen LogP contribution < -0.4 is 14.8 Å². The smallest absolute Gasteiger partial charge is 0.308 e. The number of ether oxygens (including phenoxy) is 2. The van der Waals surface area contributed by atoms with E-state index in [1.807, 2.05) is 0 Å². The molecule has 0 radical (unpaired) electrons. The van der Waals surface area contributed by atoms with E-state index >= 15 is 0 Å². The van der Waals surface area contributed by atoms with Gasteiger partial charge >= 0.3 is 5.97 Å². The largest absolute Gasteiger partial charge is 0.493 e. The Bertz CT molecular complexity index is 719. The third-order valence-electron chi connectivity index (χ3n) is 2.98. The molecule has 0 spiro atoms. The summed E-state index contributed by atoms with van der Waals surface area (Å²) in [5, 5.41) is 7.85. The normalized spacial score (nSPS) is 16.4. The number of nitrogens with zero attached hydrogens (tertiary/aromatic N) is 2. The van der Waals surface area contributed by atoms with Crippen molar-refractivity contribution in [1.82, 2.24) is 10.3 Å². The van der Waals surface area contributed by atoms with Gasteiger partial charge in [-0.2, -0.15) is 0 Å². The number of carbonyl (C=O) groups excluding carboxylic acids is 3. The molecule has 1 aliphatic heterocycles. The van der Waals surface area contributed by atoms with E-state index in [0.717, 1.165) is 0 Å². The van der Waals surface area contributed by atoms with Crippen molar-refractivity contribution < 1.29 is 23.9 Å². The number of rotatable bonds is 3. The third kappa shape index (κ3) is 4.05. The Morgan fingerprint density at radius 2 is 1.92 bits per heavy atom. The molecule has 1 aromatic rings. The first kappa shape index (κ1) is 17.8. The van der Waals surface area contributed by atoms with E-state index in [1.165, 1.54) is 44.7 Å². The molecule has 0 aliphatic carbocycles. The van der Waals surface area contributed by atoms with Crippen molar-refractivity contribution in [2.75, 3.05) is 7.11 Å². The van der Waals surface area contributed by atoms with Crippen molar-refractivity contribution in [3.63, 3.8) is 0 Å². The van der Waals surface area contributed by atoms with Gasteiger partial charge in [-0.3, -0.25) is 14.4 Å². The van der Waals surface area contributed by atoms with Crippen LogP contribution in [0.1, 0.15) is 31.7 Å². The minimum atomic E-state index is -0.460. The van der Waals surface area contributed by atoms with Crippen LogP contribution >= 0.6 is 11.8 Å². The first-order valence-corrected chi connectivity index (χ1v) is 7.88. The molecule has 1 heterocycles. The summed E-state index contributed by atoms with van der Waals surface area (Å²) in [7, 11) is 1.45. The van der Waals surface area contributed by atoms with Crippen LogP contribution in [0.5, 0.6) is 11.5 Å². The highest BCUT2D eigenvalue weighted by Gasteiger charge is 2.32. The molecule has 1 atom stereocenters. The van der Waals surface area contributed by atoms with E-state index in [-0.39, 0.29) is 17.6 Å². The molecular formula is C15H17N3O5S. The van der Waals surface area contributed by atoms with Crippen LogP contribution in [0.2, 0.25) is 0 Å². The van der Waals surface area contributed by atoms with Crippen molar-refractivity contribution in [3.8, 4) is 11.5 Å². The van der Waals surface area contributed by atoms with Gasteiger partial charge in [-0.1, -0.05) is 17.8 Å². The van der Waals surface area contributed by atoms with Gasteiger partial charge in [0.1, 0.15) is 5.37 Å². The Kier molecular flexibility index (Phi) is 5.45. The molecule has 1 aliphatic rings. The highest BCUT2D eigenvalue weighted by atomic mass is 32.2. The SMILES string of the molecule is COc1cc(C2SC(NC(C)=O)=NN2C(C)=O)ccc1OC(C)=O. The van der Waals surface area contributed by atoms with Crippen LogP contribution in [0.15, 0.2) is 23.3 Å². The molecule has 0 saturated carbocycles. The van der Waals surface area contributed by atoms with Gasteiger partial charge in [-0.05, 0) is 17.7 Å². The summed E-state index contributed by atoms with van der Waals surface area (Å²) < 4.78 is 10.3. The van der Waals surface area contributed by atoms with E-state index in [4.69, 9.17) is 9.47 Å². The Labute approximate surface area is 143 Å². The molecule has 1 aromatic carbocycles. The van der Waals surface area contributed by atoms with E-state index in [0.29, 0.717) is 16.5 Å². The molecule has 8 nitrogen and oxygen atoms in total. The highest BCUT2D eigenvalue weighted by Crippen LogP contribution is 2.41. The zero-order valence-electron chi connectivity index (χ0n) is 13.7. The monoisotopic (exact) mass is 351 g/mol. The molecule has 2 amide bonds. The van der Waals surface area contributed by atoms with E-state index < -0.39 is 11.3 Å². The number of carbonyl (C=O) groups is 3. The van der Waals surface area contributed by atoms with Crippen molar-refractivity contribution >= 4 is 34.7 Å². The molecule has 9 heteroatoms. The lowest BCUT2D eigenvalue weighted by atomic mass is 10.2. The summed E-state index contributed by atoms with van der Waals surface area (Å²) in [5.41, 5.74) is 0.715. The molecule has 2 rings (SSSR count). The van der Waals surface area contributed by atoms with Crippen LogP contribution in [0, 0.1) is 0 Å². The molecule has 0 aromatic heterocycles. The topological polar surface area (TPSA) is 97.3 Å². The second kappa shape index (κ2) is 7.35. The van der Waals surface area contributed by atoms with Gasteiger partial charge in [0, 0.05) is 20.8 Å². The number of hydrogen-bond acceptors (Lipinski definition) is 7. The van der Waals surface area contributed by atoms with Crippen LogP contribution in [0.25, 0.3) is 0 Å². The predicted octanol–water partition coefficient (Wildman–Crippen LogP) is 1.62. The fourth-order valence-corrected chi connectivity index (χ4v) is 3.18. The van der Waals surface area contributed by atoms with Gasteiger partial charge in [0.05, 0.1) is 7.11 Å². The average molecular weight is 351 g/mol. The maximum absolute atomic E-state index is 11.8. The first-order chi connectivity index (χ1) is 11.3. The number of amidine groups is 1. The Hall–Kier alpha value is -2.55. The number of hydrogen-bond donors (Lipinski definition) is 1. The number of thioether (sulfide) groups is 1. The number of nitrogens with one attached hydrogen (secondary N) is 1. The van der Waals surface area contributed by atoms with Crippen molar-refractivity contribution in [1.29, 1.82) is 0 Å². The Balaban J connectivity index is 2.31. The second-order valence-electron chi connectivity index (χ2n) is 4.92. The molecular weight excluding hydrogens is 334 g/mol. The average Bonchev–Trinajstić information content (AvgIpc) is 2.90. The van der Waals surface area contributed by atoms with E-state index in [2.05, 4.69) is 10.4 Å². The summed E-state index contributed by atoms with van der Waals surface area (Å²) in [6.45, 7) is 4.05. The summed E-state index contributed by atoms with van der Waals surface area (Å²) in [4.78, 5) is 34.1. The maximum Gasteiger partial charge on any atom is 0.308 e. The zero-order valence-corrected chi connectivity index (χ0v) is 14.5. The summed E-state index contributed by atoms with van der Waals surface area (Å²) in [5.74, 6) is -0.351. The number of esters is 1. The fraction of sp³-hybridized carbons (Fsp3) is 0.333. The first-order valence-electron chi connectivity index (χ1n) is 7.00. The van der Waals surface area contributed by atoms with E-state index in [1.54, 1.807) is 18.2 Å². The fourth-order valence-electron chi connectivity index (χ4n) is 2.06. The van der Waals surface area contributed by atoms with Gasteiger partial charge in [-0.15, -0.1) is 5.10 Å². The summed E-state index contributed by atoms with van der Waals surface area (Å²) in [6, 6.07) is 4.96. The summed E-state index contributed by atoms with van der Waals surface area (Å²) >= 11 is 1.23. The van der Waals surface area contributed by atoms with Crippen molar-refractivity contribution in [2.24, 2.45) is 5.10 Å². The number of amides is 2. The van der Waals surface area contributed by atoms with Crippen LogP contribution in [-0.2, 0) is 14.4 Å². The van der Waals surface area contributed by atoms with Crippen LogP contribution in [-0.4, -0.2) is 35.1 Å². The minimum Gasteiger partial charge on any atom is -0.493 e. The van der Waals surface area contributed by atoms with Crippen molar-refractivity contribution in [3.05, 3.63) is 23.8 Å². The summed E-state index contributed by atoms with van der Waals surface area (Å²) in [6.07, 6.45) is 0. The lowest BCUT2D eigenvalue weighted by Gasteiger charge is -2.20. The molecule has 128 valence electrons. The van der Waals surface area contributed by atoms with Gasteiger partial charge < -0.3 is 14.8 Å². The minimum absolute atomic E-state index is 0.268. The lowest BCUT2D eigenvalue weighted by molar-refractivity contribution is -0.132. The molecule has 0 bridgehead atoms. The standard InChI is InChI=1S/C15H17N3O5S/c1-8(19)16-15-17-18(9(2)20)14(24-15)11-5-6-12(23-10(3)21)13(7-11)22-4/h5-7,14H,1-4H3,(H,16,17,19). The third-order valence-corrected chi connectivity index (χ3v) is 4.08. The molecule has 1 N–H and O–H groups in total. The predicted molar refractivity (Wildman–Crippen MR) is 88.4 cm³/mol. The molecule has 0 fully saturated rings. The number of methoxy groups -OCH3 is 1. The lowest BCUT2D eigenvalue weighted by Crippen LogP contribution is -2.25. The van der Waals surface area contributed by atoms with Crippen molar-refractivity contribution in [2.45, 2.75) is 26.1 Å².